The smallest absolute Gasteiger partial charge is 0.407 e. The molecule has 1 aliphatic rings. The van der Waals surface area contributed by atoms with Crippen molar-refractivity contribution in [2.45, 2.75) is 6.54 Å². The molecule has 6 nitrogen and oxygen atoms in total. The zero-order valence-electron chi connectivity index (χ0n) is 9.95. The summed E-state index contributed by atoms with van der Waals surface area (Å²) >= 11 is 0. The second kappa shape index (κ2) is 5.48. The van der Waals surface area contributed by atoms with Gasteiger partial charge in [-0.1, -0.05) is 17.3 Å². The molecule has 6 heteroatoms. The lowest BCUT2D eigenvalue weighted by molar-refractivity contribution is 0.142. The molecule has 1 aliphatic heterocycles. The second-order valence-electron chi connectivity index (χ2n) is 4.21. The van der Waals surface area contributed by atoms with Gasteiger partial charge in [0, 0.05) is 31.9 Å². The number of hydrogen-bond acceptors (Lipinski definition) is 4. The normalized spacial score (nSPS) is 15.6. The topological polar surface area (TPSA) is 73.2 Å². The predicted octanol–water partition coefficient (Wildman–Crippen LogP) is 1.75. The van der Waals surface area contributed by atoms with E-state index in [0.717, 1.165) is 11.3 Å². The van der Waals surface area contributed by atoms with E-state index in [2.05, 4.69) is 10.1 Å². The minimum Gasteiger partial charge on any atom is -0.465 e. The van der Waals surface area contributed by atoms with Gasteiger partial charge in [-0.25, -0.2) is 4.79 Å². The first kappa shape index (κ1) is 12.3. The van der Waals surface area contributed by atoms with Gasteiger partial charge in [-0.15, -0.1) is 0 Å². The van der Waals surface area contributed by atoms with Crippen LogP contribution in [-0.2, 0) is 6.54 Å². The van der Waals surface area contributed by atoms with E-state index >= 15 is 0 Å². The van der Waals surface area contributed by atoms with E-state index in [9.17, 15) is 9.70 Å². The van der Waals surface area contributed by atoms with Crippen LogP contribution in [0, 0.1) is 4.91 Å². The molecule has 1 aromatic carbocycles. The number of rotatable bonds is 3. The molecule has 2 rings (SSSR count). The summed E-state index contributed by atoms with van der Waals surface area (Å²) in [5, 5.41) is 11.7. The summed E-state index contributed by atoms with van der Waals surface area (Å²) in [7, 11) is 0. The van der Waals surface area contributed by atoms with Crippen LogP contribution in [0.3, 0.4) is 0 Å². The first-order valence-electron chi connectivity index (χ1n) is 5.81. The van der Waals surface area contributed by atoms with Crippen LogP contribution in [0.25, 0.3) is 0 Å². The van der Waals surface area contributed by atoms with Gasteiger partial charge in [0.25, 0.3) is 0 Å². The summed E-state index contributed by atoms with van der Waals surface area (Å²) < 4.78 is 0. The highest BCUT2D eigenvalue weighted by atomic mass is 16.4. The Labute approximate surface area is 105 Å². The summed E-state index contributed by atoms with van der Waals surface area (Å²) in [4.78, 5) is 24.5. The molecule has 0 unspecified atom stereocenters. The third-order valence-electron chi connectivity index (χ3n) is 3.10. The molecule has 1 fully saturated rings. The first-order valence-corrected chi connectivity index (χ1v) is 5.81. The van der Waals surface area contributed by atoms with Gasteiger partial charge in [-0.05, 0) is 17.7 Å². The van der Waals surface area contributed by atoms with E-state index in [1.807, 2.05) is 24.3 Å². The molecule has 0 aliphatic carbocycles. The van der Waals surface area contributed by atoms with Gasteiger partial charge < -0.3 is 14.9 Å². The summed E-state index contributed by atoms with van der Waals surface area (Å²) in [6, 6.07) is 7.63. The third-order valence-corrected chi connectivity index (χ3v) is 3.10. The molecule has 96 valence electrons. The zero-order chi connectivity index (χ0) is 13.0. The van der Waals surface area contributed by atoms with Crippen molar-refractivity contribution in [2.24, 2.45) is 5.18 Å². The van der Waals surface area contributed by atoms with Crippen LogP contribution >= 0.6 is 0 Å². The molecule has 1 saturated heterocycles. The van der Waals surface area contributed by atoms with E-state index in [-0.39, 0.29) is 6.54 Å². The van der Waals surface area contributed by atoms with Crippen molar-refractivity contribution < 1.29 is 9.90 Å². The van der Waals surface area contributed by atoms with Crippen LogP contribution in [0.2, 0.25) is 0 Å². The van der Waals surface area contributed by atoms with Gasteiger partial charge in [-0.3, -0.25) is 0 Å². The molecular formula is C12H15N3O3. The molecule has 0 spiro atoms. The van der Waals surface area contributed by atoms with Crippen molar-refractivity contribution in [3.05, 3.63) is 34.7 Å². The number of anilines is 1. The Morgan fingerprint density at radius 3 is 2.28 bits per heavy atom. The van der Waals surface area contributed by atoms with Crippen LogP contribution in [0.5, 0.6) is 0 Å². The SMILES string of the molecule is O=NCc1ccc(N2CCN(C(=O)O)CC2)cc1. The van der Waals surface area contributed by atoms with Crippen molar-refractivity contribution in [3.8, 4) is 0 Å². The average molecular weight is 249 g/mol. The van der Waals surface area contributed by atoms with Gasteiger partial charge in [0.1, 0.15) is 6.54 Å². The van der Waals surface area contributed by atoms with Gasteiger partial charge in [0.15, 0.2) is 0 Å². The molecule has 0 atom stereocenters. The lowest BCUT2D eigenvalue weighted by Crippen LogP contribution is -2.48. The number of carbonyl (C=O) groups is 1. The Bertz CT molecular complexity index is 425. The Morgan fingerprint density at radius 1 is 1.17 bits per heavy atom. The van der Waals surface area contributed by atoms with Gasteiger partial charge in [0.2, 0.25) is 0 Å². The largest absolute Gasteiger partial charge is 0.465 e. The van der Waals surface area contributed by atoms with Crippen LogP contribution in [0.15, 0.2) is 29.4 Å². The van der Waals surface area contributed by atoms with Crippen LogP contribution in [0.4, 0.5) is 10.5 Å². The number of amides is 1. The molecule has 18 heavy (non-hydrogen) atoms. The van der Waals surface area contributed by atoms with Crippen LogP contribution in [-0.4, -0.2) is 42.3 Å². The maximum absolute atomic E-state index is 10.8. The number of benzene rings is 1. The van der Waals surface area contributed by atoms with Crippen molar-refractivity contribution in [2.75, 3.05) is 31.1 Å². The zero-order valence-corrected chi connectivity index (χ0v) is 9.95. The molecule has 1 amide bonds. The Balaban J connectivity index is 1.96. The standard InChI is InChI=1S/C12H15N3O3/c16-12(17)15-7-5-14(6-8-15)11-3-1-10(2-4-11)9-13-18/h1-4H,5-9H2,(H,16,17). The average Bonchev–Trinajstić information content (AvgIpc) is 2.40. The maximum atomic E-state index is 10.8. The molecule has 0 bridgehead atoms. The summed E-state index contributed by atoms with van der Waals surface area (Å²) in [5.41, 5.74) is 1.94. The highest BCUT2D eigenvalue weighted by Crippen LogP contribution is 2.17. The van der Waals surface area contributed by atoms with E-state index in [4.69, 9.17) is 5.11 Å². The molecule has 0 saturated carbocycles. The molecule has 1 heterocycles. The van der Waals surface area contributed by atoms with E-state index < -0.39 is 6.09 Å². The van der Waals surface area contributed by atoms with Gasteiger partial charge in [0.05, 0.1) is 0 Å². The number of nitrogens with zero attached hydrogens (tertiary/aromatic N) is 3. The van der Waals surface area contributed by atoms with E-state index in [1.165, 1.54) is 4.90 Å². The molecule has 0 aromatic heterocycles. The lowest BCUT2D eigenvalue weighted by Gasteiger charge is -2.34. The van der Waals surface area contributed by atoms with Crippen molar-refractivity contribution in [3.63, 3.8) is 0 Å². The maximum Gasteiger partial charge on any atom is 0.407 e. The molecule has 1 aromatic rings. The van der Waals surface area contributed by atoms with Gasteiger partial charge in [-0.2, -0.15) is 4.91 Å². The monoisotopic (exact) mass is 249 g/mol. The van der Waals surface area contributed by atoms with Gasteiger partial charge >= 0.3 is 6.09 Å². The second-order valence-corrected chi connectivity index (χ2v) is 4.21. The minimum atomic E-state index is -0.859. The van der Waals surface area contributed by atoms with E-state index in [0.29, 0.717) is 26.2 Å². The fraction of sp³-hybridized carbons (Fsp3) is 0.417. The van der Waals surface area contributed by atoms with Crippen LogP contribution in [0.1, 0.15) is 5.56 Å². The number of carboxylic acid groups (broad SMARTS) is 1. The van der Waals surface area contributed by atoms with Crippen molar-refractivity contribution >= 4 is 11.8 Å². The number of piperazine rings is 1. The summed E-state index contributed by atoms with van der Waals surface area (Å²) in [6.07, 6.45) is -0.859. The predicted molar refractivity (Wildman–Crippen MR) is 67.8 cm³/mol. The fourth-order valence-electron chi connectivity index (χ4n) is 2.04. The molecule has 1 N–H and O–H groups in total. The Kier molecular flexibility index (Phi) is 3.76. The van der Waals surface area contributed by atoms with Crippen LogP contribution < -0.4 is 4.90 Å². The minimum absolute atomic E-state index is 0.188. The van der Waals surface area contributed by atoms with Crippen molar-refractivity contribution in [1.29, 1.82) is 0 Å². The third kappa shape index (κ3) is 2.77. The highest BCUT2D eigenvalue weighted by molar-refractivity contribution is 5.65. The molecule has 0 radical (unpaired) electrons. The summed E-state index contributed by atoms with van der Waals surface area (Å²) in [5.74, 6) is 0. The van der Waals surface area contributed by atoms with Crippen molar-refractivity contribution in [1.82, 2.24) is 4.90 Å². The first-order chi connectivity index (χ1) is 8.70. The Hall–Kier alpha value is -2.11. The number of nitroso groups, excluding NO2 is 1. The fourth-order valence-corrected chi connectivity index (χ4v) is 2.04. The van der Waals surface area contributed by atoms with E-state index in [1.54, 1.807) is 0 Å². The summed E-state index contributed by atoms with van der Waals surface area (Å²) in [6.45, 7) is 2.61. The Morgan fingerprint density at radius 2 is 1.78 bits per heavy atom. The molecular weight excluding hydrogens is 234 g/mol. The lowest BCUT2D eigenvalue weighted by atomic mass is 10.2. The number of hydrogen-bond donors (Lipinski definition) is 1. The highest BCUT2D eigenvalue weighted by Gasteiger charge is 2.20. The quantitative estimate of drug-likeness (QED) is 0.828.